The van der Waals surface area contributed by atoms with Crippen LogP contribution >= 0.6 is 61.7 Å². The van der Waals surface area contributed by atoms with Gasteiger partial charge in [-0.2, -0.15) is 0 Å². The third-order valence-corrected chi connectivity index (χ3v) is 5.96. The minimum Gasteiger partial charge on any atom is -0.436 e. The molecule has 0 bridgehead atoms. The maximum Gasteiger partial charge on any atom is 0.256 e. The normalized spacial score (nSPS) is 11.0. The summed E-state index contributed by atoms with van der Waals surface area (Å²) in [4.78, 5) is 17.1. The summed E-state index contributed by atoms with van der Waals surface area (Å²) in [6, 6.07) is 16.0. The first-order chi connectivity index (χ1) is 13.4. The fraction of sp³-hybridized carbons (Fsp3) is 0. The third-order valence-electron chi connectivity index (χ3n) is 3.98. The lowest BCUT2D eigenvalue weighted by Gasteiger charge is -2.07. The Kier molecular flexibility index (Phi) is 5.64. The number of benzene rings is 3. The molecule has 0 aliphatic carbocycles. The summed E-state index contributed by atoms with van der Waals surface area (Å²) in [5.41, 5.74) is 3.06. The van der Waals surface area contributed by atoms with Gasteiger partial charge in [0.25, 0.3) is 5.91 Å². The summed E-state index contributed by atoms with van der Waals surface area (Å²) >= 11 is 17.7. The number of aromatic nitrogens is 1. The molecule has 4 aromatic rings. The molecule has 0 radical (unpaired) electrons. The lowest BCUT2D eigenvalue weighted by molar-refractivity contribution is 0.102. The number of carbonyl (C=O) groups is 1. The minimum atomic E-state index is -0.200. The van der Waals surface area contributed by atoms with Crippen molar-refractivity contribution in [3.05, 3.63) is 78.2 Å². The summed E-state index contributed by atoms with van der Waals surface area (Å²) in [7, 11) is 0. The first-order valence-electron chi connectivity index (χ1n) is 8.03. The van der Waals surface area contributed by atoms with E-state index in [1.54, 1.807) is 42.5 Å². The predicted molar refractivity (Wildman–Crippen MR) is 124 cm³/mol. The number of halogens is 4. The quantitative estimate of drug-likeness (QED) is 0.254. The fourth-order valence-corrected chi connectivity index (χ4v) is 4.08. The Bertz CT molecular complexity index is 1230. The standard InChI is InChI=1S/C20H10BrCl2IN2O2/c21-10-1-5-16(24)14(7-10)19(27)25-12-3-6-18-17(9-12)26-20(28-18)13-4-2-11(22)8-15(13)23/h1-9H,(H,25,27). The fourth-order valence-electron chi connectivity index (χ4n) is 2.65. The van der Waals surface area contributed by atoms with Gasteiger partial charge in [-0.15, -0.1) is 0 Å². The van der Waals surface area contributed by atoms with E-state index in [0.717, 1.165) is 8.04 Å². The lowest BCUT2D eigenvalue weighted by atomic mass is 10.2. The van der Waals surface area contributed by atoms with E-state index in [0.29, 0.717) is 43.9 Å². The number of fused-ring (bicyclic) bond motifs is 1. The first kappa shape index (κ1) is 19.7. The van der Waals surface area contributed by atoms with Crippen molar-refractivity contribution in [3.63, 3.8) is 0 Å². The summed E-state index contributed by atoms with van der Waals surface area (Å²) < 4.78 is 7.50. The van der Waals surface area contributed by atoms with Crippen LogP contribution in [-0.2, 0) is 0 Å². The Morgan fingerprint density at radius 1 is 1.07 bits per heavy atom. The van der Waals surface area contributed by atoms with Gasteiger partial charge < -0.3 is 9.73 Å². The molecule has 8 heteroatoms. The van der Waals surface area contributed by atoms with E-state index in [4.69, 9.17) is 27.6 Å². The van der Waals surface area contributed by atoms with Crippen molar-refractivity contribution in [2.45, 2.75) is 0 Å². The van der Waals surface area contributed by atoms with E-state index in [9.17, 15) is 4.79 Å². The van der Waals surface area contributed by atoms with Gasteiger partial charge in [0.15, 0.2) is 5.58 Å². The van der Waals surface area contributed by atoms with Gasteiger partial charge in [-0.05, 0) is 77.2 Å². The topological polar surface area (TPSA) is 55.1 Å². The van der Waals surface area contributed by atoms with Crippen molar-refractivity contribution in [1.82, 2.24) is 4.98 Å². The van der Waals surface area contributed by atoms with E-state index in [1.807, 2.05) is 12.1 Å². The number of nitrogens with zero attached hydrogens (tertiary/aromatic N) is 1. The number of rotatable bonds is 3. The van der Waals surface area contributed by atoms with Crippen LogP contribution in [0, 0.1) is 3.57 Å². The lowest BCUT2D eigenvalue weighted by Crippen LogP contribution is -2.13. The van der Waals surface area contributed by atoms with Crippen LogP contribution in [-0.4, -0.2) is 10.9 Å². The van der Waals surface area contributed by atoms with Crippen molar-refractivity contribution in [1.29, 1.82) is 0 Å². The molecule has 0 aliphatic rings. The molecular formula is C20H10BrCl2IN2O2. The number of amides is 1. The van der Waals surface area contributed by atoms with Crippen molar-refractivity contribution in [3.8, 4) is 11.5 Å². The molecular weight excluding hydrogens is 578 g/mol. The molecule has 3 aromatic carbocycles. The molecule has 0 unspecified atom stereocenters. The van der Waals surface area contributed by atoms with Crippen LogP contribution in [0.5, 0.6) is 0 Å². The largest absolute Gasteiger partial charge is 0.436 e. The third kappa shape index (κ3) is 4.05. The predicted octanol–water partition coefficient (Wildman–Crippen LogP) is 7.42. The number of hydrogen-bond acceptors (Lipinski definition) is 3. The average molecular weight is 588 g/mol. The van der Waals surface area contributed by atoms with Gasteiger partial charge in [0, 0.05) is 18.8 Å². The Labute approximate surface area is 192 Å². The van der Waals surface area contributed by atoms with Crippen LogP contribution in [0.3, 0.4) is 0 Å². The molecule has 28 heavy (non-hydrogen) atoms. The Hall–Kier alpha value is -1.61. The Morgan fingerprint density at radius 3 is 2.68 bits per heavy atom. The second-order valence-electron chi connectivity index (χ2n) is 5.90. The molecule has 1 heterocycles. The van der Waals surface area contributed by atoms with E-state index in [-0.39, 0.29) is 5.91 Å². The zero-order chi connectivity index (χ0) is 19.8. The van der Waals surface area contributed by atoms with Gasteiger partial charge in [0.2, 0.25) is 5.89 Å². The molecule has 4 nitrogen and oxygen atoms in total. The minimum absolute atomic E-state index is 0.200. The number of carbonyl (C=O) groups excluding carboxylic acids is 1. The number of hydrogen-bond donors (Lipinski definition) is 1. The maximum atomic E-state index is 12.6. The molecule has 0 aliphatic heterocycles. The highest BCUT2D eigenvalue weighted by Gasteiger charge is 2.14. The first-order valence-corrected chi connectivity index (χ1v) is 10.7. The molecule has 0 saturated heterocycles. The maximum absolute atomic E-state index is 12.6. The number of nitrogens with one attached hydrogen (secondary N) is 1. The molecule has 0 spiro atoms. The molecule has 0 saturated carbocycles. The van der Waals surface area contributed by atoms with E-state index in [2.05, 4.69) is 48.8 Å². The zero-order valence-corrected chi connectivity index (χ0v) is 19.2. The second-order valence-corrected chi connectivity index (χ2v) is 8.83. The van der Waals surface area contributed by atoms with Gasteiger partial charge in [-0.1, -0.05) is 39.1 Å². The Morgan fingerprint density at radius 2 is 1.89 bits per heavy atom. The molecule has 1 N–H and O–H groups in total. The summed E-state index contributed by atoms with van der Waals surface area (Å²) in [5, 5.41) is 3.89. The highest BCUT2D eigenvalue weighted by molar-refractivity contribution is 14.1. The zero-order valence-electron chi connectivity index (χ0n) is 14.0. The molecule has 140 valence electrons. The molecule has 1 amide bonds. The summed E-state index contributed by atoms with van der Waals surface area (Å²) in [6.07, 6.45) is 0. The number of oxazole rings is 1. The molecule has 0 fully saturated rings. The van der Waals surface area contributed by atoms with Crippen LogP contribution in [0.25, 0.3) is 22.6 Å². The SMILES string of the molecule is O=C(Nc1ccc2oc(-c3ccc(Cl)cc3Cl)nc2c1)c1cc(Br)ccc1I. The Balaban J connectivity index is 1.65. The van der Waals surface area contributed by atoms with Crippen molar-refractivity contribution in [2.75, 3.05) is 5.32 Å². The van der Waals surface area contributed by atoms with Crippen LogP contribution in [0.4, 0.5) is 5.69 Å². The summed E-state index contributed by atoms with van der Waals surface area (Å²) in [6.45, 7) is 0. The van der Waals surface area contributed by atoms with Gasteiger partial charge in [-0.3, -0.25) is 4.79 Å². The van der Waals surface area contributed by atoms with Crippen molar-refractivity contribution >= 4 is 84.4 Å². The van der Waals surface area contributed by atoms with E-state index < -0.39 is 0 Å². The van der Waals surface area contributed by atoms with Crippen LogP contribution in [0.1, 0.15) is 10.4 Å². The monoisotopic (exact) mass is 586 g/mol. The summed E-state index contributed by atoms with van der Waals surface area (Å²) in [5.74, 6) is 0.191. The molecule has 0 atom stereocenters. The van der Waals surface area contributed by atoms with Crippen LogP contribution in [0.15, 0.2) is 63.5 Å². The van der Waals surface area contributed by atoms with Crippen molar-refractivity contribution in [2.24, 2.45) is 0 Å². The molecule has 1 aromatic heterocycles. The van der Waals surface area contributed by atoms with E-state index >= 15 is 0 Å². The van der Waals surface area contributed by atoms with Gasteiger partial charge in [0.05, 0.1) is 16.1 Å². The van der Waals surface area contributed by atoms with Crippen LogP contribution < -0.4 is 5.32 Å². The van der Waals surface area contributed by atoms with Crippen LogP contribution in [0.2, 0.25) is 10.0 Å². The van der Waals surface area contributed by atoms with Crippen molar-refractivity contribution < 1.29 is 9.21 Å². The van der Waals surface area contributed by atoms with Gasteiger partial charge in [-0.25, -0.2) is 4.98 Å². The smallest absolute Gasteiger partial charge is 0.256 e. The highest BCUT2D eigenvalue weighted by Crippen LogP contribution is 2.32. The van der Waals surface area contributed by atoms with E-state index in [1.165, 1.54) is 0 Å². The molecule has 4 rings (SSSR count). The van der Waals surface area contributed by atoms with Gasteiger partial charge >= 0.3 is 0 Å². The highest BCUT2D eigenvalue weighted by atomic mass is 127. The number of anilines is 1. The average Bonchev–Trinajstić information content (AvgIpc) is 3.06. The van der Waals surface area contributed by atoms with Gasteiger partial charge in [0.1, 0.15) is 5.52 Å². The second kappa shape index (κ2) is 8.02.